The standard InChI is InChI=1S/C21H25ClN4O/c1-2-3-11-23-21-24-13-18-16-10-9-14(22)12-17(16)20(27)26(19(18)25-21)15-7-5-4-6-8-15/h9-10,12-13,15H,2-8,11H2,1H3,(H,23,24,25). The second-order valence-corrected chi connectivity index (χ2v) is 7.80. The number of nitrogens with zero attached hydrogens (tertiary/aromatic N) is 3. The van der Waals surface area contributed by atoms with E-state index in [0.717, 1.165) is 61.5 Å². The Hall–Kier alpha value is -2.14. The Labute approximate surface area is 163 Å². The smallest absolute Gasteiger partial charge is 0.260 e. The number of benzene rings is 1. The number of halogens is 1. The fourth-order valence-corrected chi connectivity index (χ4v) is 4.21. The van der Waals surface area contributed by atoms with Crippen LogP contribution in [0.2, 0.25) is 5.02 Å². The molecule has 1 fully saturated rings. The van der Waals surface area contributed by atoms with Gasteiger partial charge in [-0.25, -0.2) is 4.98 Å². The largest absolute Gasteiger partial charge is 0.354 e. The van der Waals surface area contributed by atoms with Gasteiger partial charge in [0.1, 0.15) is 5.65 Å². The lowest BCUT2D eigenvalue weighted by Crippen LogP contribution is -2.28. The summed E-state index contributed by atoms with van der Waals surface area (Å²) >= 11 is 6.19. The Morgan fingerprint density at radius 3 is 2.78 bits per heavy atom. The maximum absolute atomic E-state index is 13.4. The molecule has 2 aromatic heterocycles. The molecule has 0 aliphatic heterocycles. The molecule has 0 bridgehead atoms. The minimum atomic E-state index is 0.00473. The fourth-order valence-electron chi connectivity index (χ4n) is 4.04. The lowest BCUT2D eigenvalue weighted by Gasteiger charge is -2.25. The molecular weight excluding hydrogens is 360 g/mol. The first-order valence-corrected chi connectivity index (χ1v) is 10.3. The van der Waals surface area contributed by atoms with E-state index in [4.69, 9.17) is 16.6 Å². The van der Waals surface area contributed by atoms with Crippen LogP contribution in [0.25, 0.3) is 21.8 Å². The lowest BCUT2D eigenvalue weighted by atomic mass is 9.94. The first kappa shape index (κ1) is 18.2. The van der Waals surface area contributed by atoms with Gasteiger partial charge in [-0.15, -0.1) is 0 Å². The summed E-state index contributed by atoms with van der Waals surface area (Å²) in [6.07, 6.45) is 9.59. The summed E-state index contributed by atoms with van der Waals surface area (Å²) < 4.78 is 1.90. The van der Waals surface area contributed by atoms with Crippen molar-refractivity contribution in [2.45, 2.75) is 57.9 Å². The van der Waals surface area contributed by atoms with E-state index in [9.17, 15) is 4.79 Å². The third-order valence-electron chi connectivity index (χ3n) is 5.47. The topological polar surface area (TPSA) is 59.8 Å². The van der Waals surface area contributed by atoms with E-state index >= 15 is 0 Å². The summed E-state index contributed by atoms with van der Waals surface area (Å²) in [4.78, 5) is 22.6. The number of rotatable bonds is 5. The molecule has 1 N–H and O–H groups in total. The summed E-state index contributed by atoms with van der Waals surface area (Å²) in [5, 5.41) is 6.29. The van der Waals surface area contributed by atoms with E-state index < -0.39 is 0 Å². The van der Waals surface area contributed by atoms with Crippen molar-refractivity contribution in [2.24, 2.45) is 0 Å². The number of anilines is 1. The van der Waals surface area contributed by atoms with Crippen molar-refractivity contribution in [1.82, 2.24) is 14.5 Å². The summed E-state index contributed by atoms with van der Waals surface area (Å²) in [7, 11) is 0. The summed E-state index contributed by atoms with van der Waals surface area (Å²) in [6.45, 7) is 2.99. The van der Waals surface area contributed by atoms with Crippen LogP contribution in [-0.4, -0.2) is 21.1 Å². The van der Waals surface area contributed by atoms with Crippen LogP contribution in [0.4, 0.5) is 5.95 Å². The number of aromatic nitrogens is 3. The van der Waals surface area contributed by atoms with Crippen LogP contribution in [0.1, 0.15) is 57.9 Å². The quantitative estimate of drug-likeness (QED) is 0.478. The molecule has 0 unspecified atom stereocenters. The SMILES string of the molecule is CCCCNc1ncc2c3ccc(Cl)cc3c(=O)n(C3CCCCC3)c2n1. The number of pyridine rings is 1. The third-order valence-corrected chi connectivity index (χ3v) is 5.71. The Bertz CT molecular complexity index is 1020. The van der Waals surface area contributed by atoms with Gasteiger partial charge in [0, 0.05) is 34.6 Å². The van der Waals surface area contributed by atoms with Gasteiger partial charge >= 0.3 is 0 Å². The maximum Gasteiger partial charge on any atom is 0.260 e. The highest BCUT2D eigenvalue weighted by Crippen LogP contribution is 2.32. The summed E-state index contributed by atoms with van der Waals surface area (Å²) in [5.41, 5.74) is 0.737. The molecule has 1 saturated carbocycles. The molecule has 6 heteroatoms. The second kappa shape index (κ2) is 7.85. The summed E-state index contributed by atoms with van der Waals surface area (Å²) in [5.74, 6) is 0.591. The Kier molecular flexibility index (Phi) is 5.30. The van der Waals surface area contributed by atoms with E-state index in [2.05, 4.69) is 17.2 Å². The molecule has 142 valence electrons. The number of unbranched alkanes of at least 4 members (excludes halogenated alkanes) is 1. The average molecular weight is 385 g/mol. The first-order valence-electron chi connectivity index (χ1n) is 9.93. The van der Waals surface area contributed by atoms with Crippen LogP contribution in [0.3, 0.4) is 0 Å². The van der Waals surface area contributed by atoms with Gasteiger partial charge in [-0.3, -0.25) is 9.36 Å². The Morgan fingerprint density at radius 1 is 1.19 bits per heavy atom. The highest BCUT2D eigenvalue weighted by Gasteiger charge is 2.22. The van der Waals surface area contributed by atoms with Gasteiger partial charge in [-0.05, 0) is 36.8 Å². The van der Waals surface area contributed by atoms with Gasteiger partial charge in [0.25, 0.3) is 5.56 Å². The van der Waals surface area contributed by atoms with Gasteiger partial charge < -0.3 is 5.32 Å². The molecule has 5 nitrogen and oxygen atoms in total. The van der Waals surface area contributed by atoms with E-state index in [1.54, 1.807) is 6.07 Å². The van der Waals surface area contributed by atoms with Crippen LogP contribution in [0, 0.1) is 0 Å². The average Bonchev–Trinajstić information content (AvgIpc) is 2.69. The molecule has 0 spiro atoms. The number of fused-ring (bicyclic) bond motifs is 3. The highest BCUT2D eigenvalue weighted by atomic mass is 35.5. The molecule has 0 amide bonds. The van der Waals surface area contributed by atoms with Crippen LogP contribution in [0.5, 0.6) is 0 Å². The fraction of sp³-hybridized carbons (Fsp3) is 0.476. The van der Waals surface area contributed by atoms with Gasteiger partial charge in [0.2, 0.25) is 5.95 Å². The number of nitrogens with one attached hydrogen (secondary N) is 1. The molecule has 1 aliphatic rings. The van der Waals surface area contributed by atoms with E-state index in [0.29, 0.717) is 16.4 Å². The van der Waals surface area contributed by atoms with E-state index in [1.165, 1.54) is 6.42 Å². The Balaban J connectivity index is 1.94. The minimum absolute atomic E-state index is 0.00473. The number of hydrogen-bond acceptors (Lipinski definition) is 4. The first-order chi connectivity index (χ1) is 13.2. The number of hydrogen-bond donors (Lipinski definition) is 1. The van der Waals surface area contributed by atoms with Crippen LogP contribution in [-0.2, 0) is 0 Å². The molecule has 1 aromatic carbocycles. The summed E-state index contributed by atoms with van der Waals surface area (Å²) in [6, 6.07) is 5.68. The molecule has 0 atom stereocenters. The molecule has 1 aliphatic carbocycles. The normalized spacial score (nSPS) is 15.5. The third kappa shape index (κ3) is 3.53. The van der Waals surface area contributed by atoms with Crippen molar-refractivity contribution >= 4 is 39.4 Å². The van der Waals surface area contributed by atoms with Gasteiger partial charge in [0.15, 0.2) is 0 Å². The second-order valence-electron chi connectivity index (χ2n) is 7.37. The molecule has 0 saturated heterocycles. The molecule has 0 radical (unpaired) electrons. The molecule has 3 aromatic rings. The van der Waals surface area contributed by atoms with E-state index in [1.807, 2.05) is 22.9 Å². The zero-order chi connectivity index (χ0) is 18.8. The lowest BCUT2D eigenvalue weighted by molar-refractivity contribution is 0.354. The van der Waals surface area contributed by atoms with Gasteiger partial charge in [0.05, 0.1) is 0 Å². The Morgan fingerprint density at radius 2 is 2.00 bits per heavy atom. The minimum Gasteiger partial charge on any atom is -0.354 e. The molecular formula is C21H25ClN4O. The van der Waals surface area contributed by atoms with Crippen molar-refractivity contribution < 1.29 is 0 Å². The highest BCUT2D eigenvalue weighted by molar-refractivity contribution is 6.31. The van der Waals surface area contributed by atoms with Gasteiger partial charge in [-0.2, -0.15) is 4.98 Å². The van der Waals surface area contributed by atoms with Crippen molar-refractivity contribution in [3.8, 4) is 0 Å². The van der Waals surface area contributed by atoms with Crippen molar-refractivity contribution in [1.29, 1.82) is 0 Å². The van der Waals surface area contributed by atoms with Crippen molar-refractivity contribution in [2.75, 3.05) is 11.9 Å². The zero-order valence-electron chi connectivity index (χ0n) is 15.7. The van der Waals surface area contributed by atoms with Crippen LogP contribution in [0.15, 0.2) is 29.2 Å². The monoisotopic (exact) mass is 384 g/mol. The molecule has 4 rings (SSSR count). The zero-order valence-corrected chi connectivity index (χ0v) is 16.4. The van der Waals surface area contributed by atoms with Crippen LogP contribution >= 0.6 is 11.6 Å². The van der Waals surface area contributed by atoms with E-state index in [-0.39, 0.29) is 11.6 Å². The molecule has 27 heavy (non-hydrogen) atoms. The predicted octanol–water partition coefficient (Wildman–Crippen LogP) is 5.32. The van der Waals surface area contributed by atoms with Crippen molar-refractivity contribution in [3.05, 3.63) is 39.8 Å². The predicted molar refractivity (Wildman–Crippen MR) is 112 cm³/mol. The maximum atomic E-state index is 13.4. The van der Waals surface area contributed by atoms with Crippen LogP contribution < -0.4 is 10.9 Å². The molecule has 2 heterocycles. The van der Waals surface area contributed by atoms with Gasteiger partial charge in [-0.1, -0.05) is 50.3 Å². The van der Waals surface area contributed by atoms with Crippen molar-refractivity contribution in [3.63, 3.8) is 0 Å².